The third kappa shape index (κ3) is 4.14. The summed E-state index contributed by atoms with van der Waals surface area (Å²) in [5, 5.41) is -0.541. The van der Waals surface area contributed by atoms with E-state index in [1.165, 1.54) is 4.31 Å². The first kappa shape index (κ1) is 21.6. The summed E-state index contributed by atoms with van der Waals surface area (Å²) in [4.78, 5) is 39.3. The average molecular weight is 446 g/mol. The number of aromatic amines is 1. The molecule has 9 nitrogen and oxygen atoms in total. The minimum absolute atomic E-state index is 0.0771. The molecule has 4 heterocycles. The molecule has 4 rings (SSSR count). The predicted octanol–water partition coefficient (Wildman–Crippen LogP) is 1.63. The van der Waals surface area contributed by atoms with Gasteiger partial charge in [0, 0.05) is 24.8 Å². The van der Waals surface area contributed by atoms with Gasteiger partial charge in [-0.25, -0.2) is 13.4 Å². The second-order valence-electron chi connectivity index (χ2n) is 8.28. The maximum atomic E-state index is 13.1. The Morgan fingerprint density at radius 3 is 2.74 bits per heavy atom. The van der Waals surface area contributed by atoms with E-state index in [9.17, 15) is 18.0 Å². The van der Waals surface area contributed by atoms with Crippen molar-refractivity contribution in [2.45, 2.75) is 57.4 Å². The summed E-state index contributed by atoms with van der Waals surface area (Å²) in [6.45, 7) is 4.18. The maximum Gasteiger partial charge on any atom is 0.273 e. The zero-order valence-electron chi connectivity index (χ0n) is 17.7. The zero-order chi connectivity index (χ0) is 22.2. The molecule has 0 aliphatic carbocycles. The highest BCUT2D eigenvalue weighted by molar-refractivity contribution is 7.89. The van der Waals surface area contributed by atoms with Crippen LogP contribution in [0.1, 0.15) is 66.7 Å². The van der Waals surface area contributed by atoms with E-state index in [0.717, 1.165) is 12.8 Å². The van der Waals surface area contributed by atoms with Gasteiger partial charge in [-0.1, -0.05) is 6.07 Å². The highest BCUT2D eigenvalue weighted by atomic mass is 32.2. The quantitative estimate of drug-likeness (QED) is 0.765. The molecule has 2 aromatic rings. The number of aromatic nitrogens is 3. The van der Waals surface area contributed by atoms with E-state index >= 15 is 0 Å². The van der Waals surface area contributed by atoms with Crippen LogP contribution >= 0.6 is 0 Å². The fourth-order valence-corrected chi connectivity index (χ4v) is 5.45. The lowest BCUT2D eigenvalue weighted by Gasteiger charge is -2.35. The Morgan fingerprint density at radius 2 is 2.03 bits per heavy atom. The minimum atomic E-state index is -3.45. The SMILES string of the molecule is CC(C)S(=O)(=O)N1CCc2c(nc(C3CCCCN3C(=O)c3ccccn3)[nH]c2=O)C1. The molecule has 1 amide bonds. The molecule has 0 radical (unpaired) electrons. The molecule has 10 heteroatoms. The Hall–Kier alpha value is -2.59. The molecule has 1 N–H and O–H groups in total. The van der Waals surface area contributed by atoms with Gasteiger partial charge in [0.25, 0.3) is 11.5 Å². The van der Waals surface area contributed by atoms with E-state index in [1.54, 1.807) is 43.1 Å². The molecule has 1 unspecified atom stereocenters. The highest BCUT2D eigenvalue weighted by Gasteiger charge is 2.34. The second kappa shape index (κ2) is 8.51. The van der Waals surface area contributed by atoms with Crippen LogP contribution in [0.4, 0.5) is 0 Å². The molecule has 166 valence electrons. The van der Waals surface area contributed by atoms with Crippen LogP contribution in [0, 0.1) is 0 Å². The second-order valence-corrected chi connectivity index (χ2v) is 10.8. The molecular formula is C21H27N5O4S. The summed E-state index contributed by atoms with van der Waals surface area (Å²) < 4.78 is 26.6. The zero-order valence-corrected chi connectivity index (χ0v) is 18.6. The summed E-state index contributed by atoms with van der Waals surface area (Å²) in [5.74, 6) is 0.214. The summed E-state index contributed by atoms with van der Waals surface area (Å²) >= 11 is 0. The molecule has 1 saturated heterocycles. The molecule has 1 fully saturated rings. The molecule has 2 aliphatic rings. The number of nitrogens with zero attached hydrogens (tertiary/aromatic N) is 4. The van der Waals surface area contributed by atoms with E-state index in [-0.39, 0.29) is 30.6 Å². The number of hydrogen-bond donors (Lipinski definition) is 1. The largest absolute Gasteiger partial charge is 0.327 e. The first-order valence-electron chi connectivity index (χ1n) is 10.6. The molecule has 0 aromatic carbocycles. The van der Waals surface area contributed by atoms with Crippen molar-refractivity contribution in [1.29, 1.82) is 0 Å². The number of pyridine rings is 1. The fraction of sp³-hybridized carbons (Fsp3) is 0.524. The van der Waals surface area contributed by atoms with E-state index < -0.39 is 15.3 Å². The number of H-pyrrole nitrogens is 1. The Morgan fingerprint density at radius 1 is 1.23 bits per heavy atom. The Kier molecular flexibility index (Phi) is 5.94. The number of fused-ring (bicyclic) bond motifs is 1. The van der Waals surface area contributed by atoms with Gasteiger partial charge in [0.2, 0.25) is 10.0 Å². The minimum Gasteiger partial charge on any atom is -0.327 e. The van der Waals surface area contributed by atoms with Crippen LogP contribution in [0.15, 0.2) is 29.2 Å². The Bertz CT molecular complexity index is 1130. The molecule has 0 spiro atoms. The number of rotatable bonds is 4. The van der Waals surface area contributed by atoms with Crippen molar-refractivity contribution >= 4 is 15.9 Å². The van der Waals surface area contributed by atoms with Crippen molar-refractivity contribution in [3.63, 3.8) is 0 Å². The number of nitrogens with one attached hydrogen (secondary N) is 1. The van der Waals surface area contributed by atoms with Gasteiger partial charge in [0.15, 0.2) is 0 Å². The van der Waals surface area contributed by atoms with Gasteiger partial charge in [0.1, 0.15) is 11.5 Å². The molecule has 31 heavy (non-hydrogen) atoms. The molecule has 2 aliphatic heterocycles. The van der Waals surface area contributed by atoms with Gasteiger partial charge in [-0.2, -0.15) is 4.31 Å². The summed E-state index contributed by atoms with van der Waals surface area (Å²) in [6.07, 6.45) is 4.35. The van der Waals surface area contributed by atoms with Crippen LogP contribution in [0.3, 0.4) is 0 Å². The molecule has 1 atom stereocenters. The standard InChI is InChI=1S/C21H27N5O4S/c1-14(2)31(29,30)25-12-9-15-17(13-25)23-19(24-20(15)27)18-8-4-6-11-26(18)21(28)16-7-3-5-10-22-16/h3,5,7,10,14,18H,4,6,8-9,11-13H2,1-2H3,(H,23,24,27). The van der Waals surface area contributed by atoms with Gasteiger partial charge in [0.05, 0.1) is 23.5 Å². The van der Waals surface area contributed by atoms with Crippen molar-refractivity contribution < 1.29 is 13.2 Å². The van der Waals surface area contributed by atoms with Crippen molar-refractivity contribution in [2.75, 3.05) is 13.1 Å². The fourth-order valence-electron chi connectivity index (χ4n) is 4.20. The number of likely N-dealkylation sites (tertiary alicyclic amines) is 1. The first-order valence-corrected chi connectivity index (χ1v) is 12.1. The number of hydrogen-bond acceptors (Lipinski definition) is 6. The lowest BCUT2D eigenvalue weighted by atomic mass is 10.00. The lowest BCUT2D eigenvalue weighted by Crippen LogP contribution is -2.44. The van der Waals surface area contributed by atoms with Gasteiger partial charge in [-0.15, -0.1) is 0 Å². The van der Waals surface area contributed by atoms with Gasteiger partial charge >= 0.3 is 0 Å². The van der Waals surface area contributed by atoms with Crippen LogP contribution in [0.5, 0.6) is 0 Å². The van der Waals surface area contributed by atoms with Crippen LogP contribution in [0.2, 0.25) is 0 Å². The molecule has 2 aromatic heterocycles. The van der Waals surface area contributed by atoms with Gasteiger partial charge < -0.3 is 9.88 Å². The molecule has 0 saturated carbocycles. The Labute approximate surface area is 181 Å². The van der Waals surface area contributed by atoms with Gasteiger partial charge in [-0.05, 0) is 51.7 Å². The summed E-state index contributed by atoms with van der Waals surface area (Å²) in [5.41, 5.74) is 1.10. The van der Waals surface area contributed by atoms with E-state index in [4.69, 9.17) is 0 Å². The molecular weight excluding hydrogens is 418 g/mol. The summed E-state index contributed by atoms with van der Waals surface area (Å²) in [7, 11) is -3.45. The third-order valence-electron chi connectivity index (χ3n) is 5.98. The highest BCUT2D eigenvalue weighted by Crippen LogP contribution is 2.30. The number of carbonyl (C=O) groups excluding carboxylic acids is 1. The molecule has 0 bridgehead atoms. The van der Waals surface area contributed by atoms with Crippen LogP contribution in [-0.2, 0) is 23.0 Å². The topological polar surface area (TPSA) is 116 Å². The first-order chi connectivity index (χ1) is 14.8. The van der Waals surface area contributed by atoms with Gasteiger partial charge in [-0.3, -0.25) is 14.6 Å². The average Bonchev–Trinajstić information content (AvgIpc) is 2.78. The number of carbonyl (C=O) groups is 1. The normalized spacial score (nSPS) is 20.0. The van der Waals surface area contributed by atoms with Crippen molar-refractivity contribution in [2.24, 2.45) is 0 Å². The number of piperidine rings is 1. The Balaban J connectivity index is 1.67. The van der Waals surface area contributed by atoms with Crippen molar-refractivity contribution in [3.8, 4) is 0 Å². The predicted molar refractivity (Wildman–Crippen MR) is 115 cm³/mol. The van der Waals surface area contributed by atoms with Crippen LogP contribution in [-0.4, -0.2) is 56.8 Å². The summed E-state index contributed by atoms with van der Waals surface area (Å²) in [6, 6.07) is 4.82. The van der Waals surface area contributed by atoms with Crippen LogP contribution in [0.25, 0.3) is 0 Å². The van der Waals surface area contributed by atoms with Crippen molar-refractivity contribution in [1.82, 2.24) is 24.2 Å². The van der Waals surface area contributed by atoms with E-state index in [1.807, 2.05) is 0 Å². The van der Waals surface area contributed by atoms with Crippen LogP contribution < -0.4 is 5.56 Å². The number of amides is 1. The maximum absolute atomic E-state index is 13.1. The smallest absolute Gasteiger partial charge is 0.273 e. The van der Waals surface area contributed by atoms with Crippen molar-refractivity contribution in [3.05, 3.63) is 57.5 Å². The van der Waals surface area contributed by atoms with E-state index in [0.29, 0.717) is 42.2 Å². The third-order valence-corrected chi connectivity index (χ3v) is 8.20. The lowest BCUT2D eigenvalue weighted by molar-refractivity contribution is 0.0592. The number of sulfonamides is 1. The monoisotopic (exact) mass is 445 g/mol. The van der Waals surface area contributed by atoms with E-state index in [2.05, 4.69) is 15.0 Å².